The van der Waals surface area contributed by atoms with Crippen LogP contribution in [0.5, 0.6) is 0 Å². The third-order valence-electron chi connectivity index (χ3n) is 2.16. The lowest BCUT2D eigenvalue weighted by molar-refractivity contribution is 0.926. The molecule has 0 aliphatic rings. The zero-order valence-corrected chi connectivity index (χ0v) is 8.46. The molecule has 3 heteroatoms. The van der Waals surface area contributed by atoms with E-state index in [0.717, 1.165) is 23.6 Å². The SMILES string of the molecule is Clc1ccccc1CCc1c[nH]cn1. The highest BCUT2D eigenvalue weighted by atomic mass is 35.5. The van der Waals surface area contributed by atoms with Crippen LogP contribution in [0.3, 0.4) is 0 Å². The zero-order chi connectivity index (χ0) is 9.80. The number of benzene rings is 1. The lowest BCUT2D eigenvalue weighted by Gasteiger charge is -2.01. The first-order valence-electron chi connectivity index (χ1n) is 4.57. The van der Waals surface area contributed by atoms with E-state index >= 15 is 0 Å². The maximum atomic E-state index is 6.04. The number of hydrogen-bond acceptors (Lipinski definition) is 1. The number of aromatic amines is 1. The van der Waals surface area contributed by atoms with Crippen LogP contribution >= 0.6 is 11.6 Å². The van der Waals surface area contributed by atoms with Crippen LogP contribution in [0.25, 0.3) is 0 Å². The number of imidazole rings is 1. The minimum Gasteiger partial charge on any atom is -0.351 e. The fourth-order valence-corrected chi connectivity index (χ4v) is 1.62. The minimum atomic E-state index is 0.836. The summed E-state index contributed by atoms with van der Waals surface area (Å²) in [6, 6.07) is 7.92. The maximum Gasteiger partial charge on any atom is 0.0923 e. The normalized spacial score (nSPS) is 10.4. The summed E-state index contributed by atoms with van der Waals surface area (Å²) in [5, 5.41) is 0.836. The van der Waals surface area contributed by atoms with Crippen molar-refractivity contribution in [3.05, 3.63) is 53.1 Å². The highest BCUT2D eigenvalue weighted by Crippen LogP contribution is 2.16. The maximum absolute atomic E-state index is 6.04. The van der Waals surface area contributed by atoms with Gasteiger partial charge in [-0.2, -0.15) is 0 Å². The van der Waals surface area contributed by atoms with Gasteiger partial charge in [-0.3, -0.25) is 0 Å². The lowest BCUT2D eigenvalue weighted by atomic mass is 10.1. The molecule has 0 spiro atoms. The van der Waals surface area contributed by atoms with Gasteiger partial charge in [-0.25, -0.2) is 4.98 Å². The van der Waals surface area contributed by atoms with Gasteiger partial charge in [0.2, 0.25) is 0 Å². The van der Waals surface area contributed by atoms with Crippen LogP contribution in [0.2, 0.25) is 5.02 Å². The second kappa shape index (κ2) is 4.29. The number of halogens is 1. The van der Waals surface area contributed by atoms with Gasteiger partial charge in [0.15, 0.2) is 0 Å². The van der Waals surface area contributed by atoms with Crippen molar-refractivity contribution in [3.63, 3.8) is 0 Å². The van der Waals surface area contributed by atoms with Gasteiger partial charge >= 0.3 is 0 Å². The molecule has 0 amide bonds. The second-order valence-corrected chi connectivity index (χ2v) is 3.56. The van der Waals surface area contributed by atoms with Crippen LogP contribution in [-0.2, 0) is 12.8 Å². The van der Waals surface area contributed by atoms with Crippen molar-refractivity contribution >= 4 is 11.6 Å². The van der Waals surface area contributed by atoms with Gasteiger partial charge in [0.1, 0.15) is 0 Å². The highest BCUT2D eigenvalue weighted by molar-refractivity contribution is 6.31. The molecule has 2 nitrogen and oxygen atoms in total. The fraction of sp³-hybridized carbons (Fsp3) is 0.182. The van der Waals surface area contributed by atoms with Crippen LogP contribution in [0.1, 0.15) is 11.3 Å². The molecule has 0 radical (unpaired) electrons. The summed E-state index contributed by atoms with van der Waals surface area (Å²) in [4.78, 5) is 7.10. The first-order valence-corrected chi connectivity index (χ1v) is 4.95. The summed E-state index contributed by atoms with van der Waals surface area (Å²) in [6.45, 7) is 0. The van der Waals surface area contributed by atoms with Gasteiger partial charge in [0.05, 0.1) is 12.0 Å². The number of nitrogens with zero attached hydrogens (tertiary/aromatic N) is 1. The highest BCUT2D eigenvalue weighted by Gasteiger charge is 2.00. The van der Waals surface area contributed by atoms with Crippen LogP contribution in [0.15, 0.2) is 36.8 Å². The van der Waals surface area contributed by atoms with Crippen LogP contribution in [-0.4, -0.2) is 9.97 Å². The van der Waals surface area contributed by atoms with E-state index in [9.17, 15) is 0 Å². The van der Waals surface area contributed by atoms with Crippen molar-refractivity contribution in [1.29, 1.82) is 0 Å². The summed E-state index contributed by atoms with van der Waals surface area (Å²) in [5.74, 6) is 0. The molecule has 72 valence electrons. The molecule has 0 atom stereocenters. The van der Waals surface area contributed by atoms with Crippen molar-refractivity contribution in [1.82, 2.24) is 9.97 Å². The van der Waals surface area contributed by atoms with Crippen molar-refractivity contribution in [2.45, 2.75) is 12.8 Å². The molecule has 1 heterocycles. The molecule has 0 aliphatic heterocycles. The van der Waals surface area contributed by atoms with E-state index in [1.807, 2.05) is 24.4 Å². The Morgan fingerprint density at radius 2 is 2.07 bits per heavy atom. The number of aryl methyl sites for hydroxylation is 2. The molecule has 2 aromatic rings. The average molecular weight is 207 g/mol. The monoisotopic (exact) mass is 206 g/mol. The van der Waals surface area contributed by atoms with Gasteiger partial charge < -0.3 is 4.98 Å². The van der Waals surface area contributed by atoms with Crippen molar-refractivity contribution in [2.24, 2.45) is 0 Å². The quantitative estimate of drug-likeness (QED) is 0.822. The number of hydrogen-bond donors (Lipinski definition) is 1. The van der Waals surface area contributed by atoms with Gasteiger partial charge in [0.25, 0.3) is 0 Å². The first kappa shape index (κ1) is 9.28. The van der Waals surface area contributed by atoms with E-state index in [1.165, 1.54) is 5.56 Å². The third kappa shape index (κ3) is 2.15. The Hall–Kier alpha value is -1.28. The smallest absolute Gasteiger partial charge is 0.0923 e. The molecule has 2 rings (SSSR count). The molecule has 0 aliphatic carbocycles. The Labute approximate surface area is 88.0 Å². The topological polar surface area (TPSA) is 28.7 Å². The molecule has 14 heavy (non-hydrogen) atoms. The molecule has 0 fully saturated rings. The van der Waals surface area contributed by atoms with Crippen LogP contribution in [0, 0.1) is 0 Å². The third-order valence-corrected chi connectivity index (χ3v) is 2.53. The van der Waals surface area contributed by atoms with Gasteiger partial charge in [-0.1, -0.05) is 29.8 Å². The summed E-state index contributed by atoms with van der Waals surface area (Å²) < 4.78 is 0. The fourth-order valence-electron chi connectivity index (χ4n) is 1.39. The Balaban J connectivity index is 2.02. The number of H-pyrrole nitrogens is 1. The minimum absolute atomic E-state index is 0.836. The first-order chi connectivity index (χ1) is 6.86. The molecule has 1 N–H and O–H groups in total. The molecule has 1 aromatic heterocycles. The molecule has 1 aromatic carbocycles. The van der Waals surface area contributed by atoms with E-state index in [-0.39, 0.29) is 0 Å². The van der Waals surface area contributed by atoms with E-state index in [4.69, 9.17) is 11.6 Å². The number of aromatic nitrogens is 2. The number of nitrogens with one attached hydrogen (secondary N) is 1. The van der Waals surface area contributed by atoms with E-state index in [2.05, 4.69) is 16.0 Å². The lowest BCUT2D eigenvalue weighted by Crippen LogP contribution is -1.91. The predicted octanol–water partition coefficient (Wildman–Crippen LogP) is 2.85. The standard InChI is InChI=1S/C11H11ClN2/c12-11-4-2-1-3-9(11)5-6-10-7-13-8-14-10/h1-4,7-8H,5-6H2,(H,13,14). The summed E-state index contributed by atoms with van der Waals surface area (Å²) in [6.07, 6.45) is 5.47. The largest absolute Gasteiger partial charge is 0.351 e. The summed E-state index contributed by atoms with van der Waals surface area (Å²) in [5.41, 5.74) is 2.25. The number of rotatable bonds is 3. The predicted molar refractivity (Wildman–Crippen MR) is 57.4 cm³/mol. The van der Waals surface area contributed by atoms with Crippen molar-refractivity contribution < 1.29 is 0 Å². The molecule has 0 bridgehead atoms. The molecular weight excluding hydrogens is 196 g/mol. The summed E-state index contributed by atoms with van der Waals surface area (Å²) in [7, 11) is 0. The van der Waals surface area contributed by atoms with Crippen LogP contribution in [0.4, 0.5) is 0 Å². The zero-order valence-electron chi connectivity index (χ0n) is 7.70. The van der Waals surface area contributed by atoms with Gasteiger partial charge in [-0.15, -0.1) is 0 Å². The summed E-state index contributed by atoms with van der Waals surface area (Å²) >= 11 is 6.04. The van der Waals surface area contributed by atoms with E-state index in [1.54, 1.807) is 6.33 Å². The Bertz CT molecular complexity index is 395. The van der Waals surface area contributed by atoms with Crippen molar-refractivity contribution in [3.8, 4) is 0 Å². The van der Waals surface area contributed by atoms with Gasteiger partial charge in [-0.05, 0) is 24.5 Å². The van der Waals surface area contributed by atoms with Crippen molar-refractivity contribution in [2.75, 3.05) is 0 Å². The van der Waals surface area contributed by atoms with Gasteiger partial charge in [0, 0.05) is 11.2 Å². The Kier molecular flexibility index (Phi) is 2.84. The molecule has 0 saturated heterocycles. The molecular formula is C11H11ClN2. The van der Waals surface area contributed by atoms with Crippen LogP contribution < -0.4 is 0 Å². The Morgan fingerprint density at radius 1 is 1.21 bits per heavy atom. The van der Waals surface area contributed by atoms with E-state index < -0.39 is 0 Å². The average Bonchev–Trinajstić information content (AvgIpc) is 2.69. The molecule has 0 unspecified atom stereocenters. The Morgan fingerprint density at radius 3 is 2.79 bits per heavy atom. The molecule has 0 saturated carbocycles. The second-order valence-electron chi connectivity index (χ2n) is 3.15. The van der Waals surface area contributed by atoms with E-state index in [0.29, 0.717) is 0 Å².